The number of hydrogen-bond donors (Lipinski definition) is 1. The molecule has 2 heterocycles. The van der Waals surface area contributed by atoms with Crippen molar-refractivity contribution >= 4 is 15.7 Å². The van der Waals surface area contributed by atoms with Crippen LogP contribution in [0.15, 0.2) is 59.5 Å². The third-order valence-electron chi connectivity index (χ3n) is 4.39. The minimum absolute atomic E-state index is 0.0861. The van der Waals surface area contributed by atoms with E-state index < -0.39 is 26.6 Å². The summed E-state index contributed by atoms with van der Waals surface area (Å²) >= 11 is 0. The van der Waals surface area contributed by atoms with Crippen LogP contribution in [0.3, 0.4) is 0 Å². The lowest BCUT2D eigenvalue weighted by atomic mass is 10.2. The SMILES string of the molecule is COc1cccc(-c2nnc3ccc(OCCNS(=O)(=O)c4ccc(F)cc4F)nn23)c1. The molecule has 2 aromatic heterocycles. The van der Waals surface area contributed by atoms with Crippen molar-refractivity contribution < 1.29 is 26.7 Å². The van der Waals surface area contributed by atoms with Crippen LogP contribution in [0, 0.1) is 11.6 Å². The molecule has 166 valence electrons. The second-order valence-corrected chi connectivity index (χ2v) is 8.25. The maximum Gasteiger partial charge on any atom is 0.243 e. The quantitative estimate of drug-likeness (QED) is 0.402. The average molecular weight is 461 g/mol. The summed E-state index contributed by atoms with van der Waals surface area (Å²) in [6.45, 7) is -0.249. The van der Waals surface area contributed by atoms with Crippen molar-refractivity contribution in [1.29, 1.82) is 0 Å². The van der Waals surface area contributed by atoms with Gasteiger partial charge in [-0.15, -0.1) is 15.3 Å². The molecule has 0 spiro atoms. The number of ether oxygens (including phenoxy) is 2. The molecule has 0 saturated carbocycles. The number of nitrogens with zero attached hydrogens (tertiary/aromatic N) is 4. The van der Waals surface area contributed by atoms with E-state index in [-0.39, 0.29) is 19.0 Å². The minimum Gasteiger partial charge on any atom is -0.497 e. The molecule has 2 aromatic carbocycles. The van der Waals surface area contributed by atoms with Gasteiger partial charge in [-0.1, -0.05) is 12.1 Å². The van der Waals surface area contributed by atoms with Gasteiger partial charge >= 0.3 is 0 Å². The third-order valence-corrected chi connectivity index (χ3v) is 5.89. The van der Waals surface area contributed by atoms with E-state index in [1.165, 1.54) is 4.52 Å². The van der Waals surface area contributed by atoms with Crippen molar-refractivity contribution in [2.24, 2.45) is 0 Å². The Kier molecular flexibility index (Phi) is 5.97. The van der Waals surface area contributed by atoms with E-state index in [9.17, 15) is 17.2 Å². The summed E-state index contributed by atoms with van der Waals surface area (Å²) in [5, 5.41) is 12.5. The summed E-state index contributed by atoms with van der Waals surface area (Å²) in [6, 6.07) is 12.7. The highest BCUT2D eigenvalue weighted by Gasteiger charge is 2.19. The van der Waals surface area contributed by atoms with Crippen LogP contribution in [-0.4, -0.2) is 48.5 Å². The average Bonchev–Trinajstić information content (AvgIpc) is 3.20. The van der Waals surface area contributed by atoms with Crippen molar-refractivity contribution in [1.82, 2.24) is 24.5 Å². The standard InChI is InChI=1S/C20H17F2N5O4S/c1-30-15-4-2-3-13(11-15)20-25-24-18-7-8-19(26-27(18)20)31-10-9-23-32(28,29)17-6-5-14(21)12-16(17)22/h2-8,11-12,23H,9-10H2,1H3. The topological polar surface area (TPSA) is 108 Å². The van der Waals surface area contributed by atoms with E-state index in [0.29, 0.717) is 23.3 Å². The number of methoxy groups -OCH3 is 1. The molecule has 9 nitrogen and oxygen atoms in total. The van der Waals surface area contributed by atoms with Gasteiger partial charge in [-0.3, -0.25) is 0 Å². The molecule has 32 heavy (non-hydrogen) atoms. The Morgan fingerprint density at radius 2 is 1.91 bits per heavy atom. The number of nitrogens with one attached hydrogen (secondary N) is 1. The molecule has 0 aliphatic heterocycles. The van der Waals surface area contributed by atoms with Gasteiger partial charge in [-0.25, -0.2) is 21.9 Å². The summed E-state index contributed by atoms with van der Waals surface area (Å²) < 4.78 is 65.5. The van der Waals surface area contributed by atoms with Gasteiger partial charge in [0.25, 0.3) is 0 Å². The fourth-order valence-electron chi connectivity index (χ4n) is 2.89. The lowest BCUT2D eigenvalue weighted by molar-refractivity contribution is 0.306. The number of sulfonamides is 1. The van der Waals surface area contributed by atoms with E-state index in [1.54, 1.807) is 31.4 Å². The van der Waals surface area contributed by atoms with E-state index in [2.05, 4.69) is 20.0 Å². The van der Waals surface area contributed by atoms with Crippen LogP contribution in [0.25, 0.3) is 17.0 Å². The predicted molar refractivity (Wildman–Crippen MR) is 110 cm³/mol. The summed E-state index contributed by atoms with van der Waals surface area (Å²) in [5.41, 5.74) is 1.22. The van der Waals surface area contributed by atoms with Crippen LogP contribution in [0.2, 0.25) is 0 Å². The van der Waals surface area contributed by atoms with Gasteiger partial charge in [0.05, 0.1) is 7.11 Å². The zero-order chi connectivity index (χ0) is 22.7. The van der Waals surface area contributed by atoms with Gasteiger partial charge in [0.2, 0.25) is 15.9 Å². The van der Waals surface area contributed by atoms with Crippen molar-refractivity contribution in [3.63, 3.8) is 0 Å². The molecule has 0 radical (unpaired) electrons. The first-order chi connectivity index (χ1) is 15.4. The van der Waals surface area contributed by atoms with Crippen molar-refractivity contribution in [3.8, 4) is 23.0 Å². The maximum atomic E-state index is 13.7. The Bertz CT molecular complexity index is 1380. The first-order valence-corrected chi connectivity index (χ1v) is 10.8. The number of hydrogen-bond acceptors (Lipinski definition) is 7. The molecule has 0 bridgehead atoms. The second-order valence-electron chi connectivity index (χ2n) is 6.52. The molecule has 4 aromatic rings. The number of benzene rings is 2. The highest BCUT2D eigenvalue weighted by atomic mass is 32.2. The summed E-state index contributed by atoms with van der Waals surface area (Å²) in [4.78, 5) is -0.647. The molecule has 4 rings (SSSR count). The molecule has 0 fully saturated rings. The number of fused-ring (bicyclic) bond motifs is 1. The van der Waals surface area contributed by atoms with Crippen LogP contribution in [0.5, 0.6) is 11.6 Å². The van der Waals surface area contributed by atoms with E-state index in [4.69, 9.17) is 9.47 Å². The largest absolute Gasteiger partial charge is 0.497 e. The fraction of sp³-hybridized carbons (Fsp3) is 0.150. The molecular weight excluding hydrogens is 444 g/mol. The van der Waals surface area contributed by atoms with Gasteiger partial charge in [-0.05, 0) is 30.3 Å². The lowest BCUT2D eigenvalue weighted by Gasteiger charge is -2.09. The summed E-state index contributed by atoms with van der Waals surface area (Å²) in [6.07, 6.45) is 0. The first kappa shape index (κ1) is 21.6. The van der Waals surface area contributed by atoms with Gasteiger partial charge in [0, 0.05) is 24.2 Å². The van der Waals surface area contributed by atoms with Crippen molar-refractivity contribution in [2.45, 2.75) is 4.90 Å². The Morgan fingerprint density at radius 1 is 1.06 bits per heavy atom. The molecule has 0 amide bonds. The van der Waals surface area contributed by atoms with Crippen LogP contribution >= 0.6 is 0 Å². The first-order valence-electron chi connectivity index (χ1n) is 9.32. The highest BCUT2D eigenvalue weighted by molar-refractivity contribution is 7.89. The Morgan fingerprint density at radius 3 is 2.69 bits per heavy atom. The predicted octanol–water partition coefficient (Wildman–Crippen LogP) is 2.44. The Labute approximate surface area is 181 Å². The van der Waals surface area contributed by atoms with Crippen molar-refractivity contribution in [3.05, 3.63) is 66.2 Å². The zero-order valence-electron chi connectivity index (χ0n) is 16.7. The second kappa shape index (κ2) is 8.85. The van der Waals surface area contributed by atoms with Gasteiger partial charge < -0.3 is 9.47 Å². The van der Waals surface area contributed by atoms with E-state index in [0.717, 1.165) is 17.7 Å². The molecule has 0 aliphatic carbocycles. The van der Waals surface area contributed by atoms with Crippen LogP contribution in [-0.2, 0) is 10.0 Å². The van der Waals surface area contributed by atoms with Gasteiger partial charge in [0.15, 0.2) is 11.5 Å². The monoisotopic (exact) mass is 461 g/mol. The van der Waals surface area contributed by atoms with Gasteiger partial charge in [-0.2, -0.15) is 4.52 Å². The number of aromatic nitrogens is 4. The summed E-state index contributed by atoms with van der Waals surface area (Å²) in [7, 11) is -2.61. The Hall–Kier alpha value is -3.64. The smallest absolute Gasteiger partial charge is 0.243 e. The van der Waals surface area contributed by atoms with E-state index >= 15 is 0 Å². The minimum atomic E-state index is -4.17. The van der Waals surface area contributed by atoms with Crippen LogP contribution in [0.1, 0.15) is 0 Å². The normalized spacial score (nSPS) is 11.6. The lowest BCUT2D eigenvalue weighted by Crippen LogP contribution is -2.29. The number of halogens is 2. The summed E-state index contributed by atoms with van der Waals surface area (Å²) in [5.74, 6) is -0.723. The zero-order valence-corrected chi connectivity index (χ0v) is 17.5. The molecule has 0 unspecified atom stereocenters. The number of rotatable bonds is 8. The molecule has 0 saturated heterocycles. The van der Waals surface area contributed by atoms with Crippen LogP contribution < -0.4 is 14.2 Å². The molecule has 0 atom stereocenters. The van der Waals surface area contributed by atoms with Gasteiger partial charge in [0.1, 0.15) is 28.9 Å². The third kappa shape index (κ3) is 4.50. The molecule has 12 heteroatoms. The molecule has 0 aliphatic rings. The highest BCUT2D eigenvalue weighted by Crippen LogP contribution is 2.23. The maximum absolute atomic E-state index is 13.7. The fourth-order valence-corrected chi connectivity index (χ4v) is 3.96. The molecule has 1 N–H and O–H groups in total. The van der Waals surface area contributed by atoms with Crippen LogP contribution in [0.4, 0.5) is 8.78 Å². The van der Waals surface area contributed by atoms with Crippen molar-refractivity contribution in [2.75, 3.05) is 20.3 Å². The van der Waals surface area contributed by atoms with E-state index in [1.807, 2.05) is 12.1 Å². The Balaban J connectivity index is 1.45. The molecular formula is C20H17F2N5O4S.